The smallest absolute Gasteiger partial charge is 0.0709 e. The van der Waals surface area contributed by atoms with Crippen LogP contribution in [-0.2, 0) is 4.74 Å². The van der Waals surface area contributed by atoms with Gasteiger partial charge in [-0.2, -0.15) is 0 Å². The molecule has 3 nitrogen and oxygen atoms in total. The van der Waals surface area contributed by atoms with Crippen LogP contribution < -0.4 is 11.1 Å². The van der Waals surface area contributed by atoms with Gasteiger partial charge in [0.15, 0.2) is 0 Å². The third kappa shape index (κ3) is 4.57. The van der Waals surface area contributed by atoms with Crippen LogP contribution in [0.3, 0.4) is 0 Å². The average molecular weight is 240 g/mol. The van der Waals surface area contributed by atoms with Gasteiger partial charge in [-0.25, -0.2) is 0 Å². The summed E-state index contributed by atoms with van der Waals surface area (Å²) >= 11 is 0. The standard InChI is InChI=1S/C14H28N2O/c1-2-17-13(9-15)7-8-16-10-14(11-3-4-11)12-5-6-12/h11-14,16H,2-10,15H2,1H3. The molecule has 1 atom stereocenters. The number of rotatable bonds is 10. The zero-order valence-corrected chi connectivity index (χ0v) is 11.2. The molecule has 2 fully saturated rings. The third-order valence-corrected chi connectivity index (χ3v) is 4.14. The second-order valence-electron chi connectivity index (χ2n) is 5.64. The molecule has 3 N–H and O–H groups in total. The van der Waals surface area contributed by atoms with Gasteiger partial charge in [0, 0.05) is 13.2 Å². The molecule has 0 radical (unpaired) electrons. The molecule has 0 aromatic rings. The molecule has 0 bridgehead atoms. The fourth-order valence-corrected chi connectivity index (χ4v) is 2.80. The molecule has 3 heteroatoms. The summed E-state index contributed by atoms with van der Waals surface area (Å²) in [5.74, 6) is 3.07. The van der Waals surface area contributed by atoms with Crippen LogP contribution in [0.15, 0.2) is 0 Å². The van der Waals surface area contributed by atoms with Crippen LogP contribution in [0, 0.1) is 17.8 Å². The van der Waals surface area contributed by atoms with Gasteiger partial charge >= 0.3 is 0 Å². The van der Waals surface area contributed by atoms with Crippen LogP contribution in [0.4, 0.5) is 0 Å². The van der Waals surface area contributed by atoms with Crippen molar-refractivity contribution in [2.45, 2.75) is 45.1 Å². The van der Waals surface area contributed by atoms with Crippen LogP contribution >= 0.6 is 0 Å². The first-order valence-corrected chi connectivity index (χ1v) is 7.37. The summed E-state index contributed by atoms with van der Waals surface area (Å²) in [5, 5.41) is 3.62. The van der Waals surface area contributed by atoms with Crippen molar-refractivity contribution in [1.29, 1.82) is 0 Å². The number of nitrogens with one attached hydrogen (secondary N) is 1. The molecule has 2 aliphatic rings. The lowest BCUT2D eigenvalue weighted by Crippen LogP contribution is -2.31. The highest BCUT2D eigenvalue weighted by atomic mass is 16.5. The molecule has 2 rings (SSSR count). The number of hydrogen-bond acceptors (Lipinski definition) is 3. The largest absolute Gasteiger partial charge is 0.377 e. The maximum absolute atomic E-state index is 5.66. The summed E-state index contributed by atoms with van der Waals surface area (Å²) in [5.41, 5.74) is 5.66. The molecular weight excluding hydrogens is 212 g/mol. The van der Waals surface area contributed by atoms with Crippen LogP contribution in [0.5, 0.6) is 0 Å². The monoisotopic (exact) mass is 240 g/mol. The van der Waals surface area contributed by atoms with E-state index in [4.69, 9.17) is 10.5 Å². The molecule has 100 valence electrons. The summed E-state index contributed by atoms with van der Waals surface area (Å²) in [4.78, 5) is 0. The van der Waals surface area contributed by atoms with Crippen molar-refractivity contribution in [3.63, 3.8) is 0 Å². The first kappa shape index (κ1) is 13.3. The van der Waals surface area contributed by atoms with Gasteiger partial charge in [0.05, 0.1) is 6.10 Å². The Bertz CT molecular complexity index is 202. The Kier molecular flexibility index (Phi) is 5.26. The SMILES string of the molecule is CCOC(CN)CCNCC(C1CC1)C1CC1. The lowest BCUT2D eigenvalue weighted by atomic mass is 9.98. The first-order valence-electron chi connectivity index (χ1n) is 7.37. The summed E-state index contributed by atoms with van der Waals surface area (Å²) in [6.07, 6.45) is 7.21. The predicted molar refractivity (Wildman–Crippen MR) is 70.9 cm³/mol. The number of ether oxygens (including phenoxy) is 1. The average Bonchev–Trinajstić information content (AvgIpc) is 3.18. The van der Waals surface area contributed by atoms with E-state index in [1.807, 2.05) is 6.92 Å². The molecule has 17 heavy (non-hydrogen) atoms. The summed E-state index contributed by atoms with van der Waals surface area (Å²) in [7, 11) is 0. The van der Waals surface area contributed by atoms with E-state index >= 15 is 0 Å². The van der Waals surface area contributed by atoms with Crippen LogP contribution in [0.25, 0.3) is 0 Å². The maximum Gasteiger partial charge on any atom is 0.0709 e. The Balaban J connectivity index is 1.55. The highest BCUT2D eigenvalue weighted by Gasteiger charge is 2.40. The predicted octanol–water partition coefficient (Wildman–Crippen LogP) is 1.77. The normalized spacial score (nSPS) is 22.1. The van der Waals surface area contributed by atoms with Crippen molar-refractivity contribution in [2.24, 2.45) is 23.5 Å². The molecule has 2 saturated carbocycles. The van der Waals surface area contributed by atoms with E-state index in [9.17, 15) is 0 Å². The summed E-state index contributed by atoms with van der Waals surface area (Å²) < 4.78 is 5.55. The Hall–Kier alpha value is -0.120. The minimum atomic E-state index is 0.243. The highest BCUT2D eigenvalue weighted by Crippen LogP contribution is 2.48. The van der Waals surface area contributed by atoms with Crippen LogP contribution in [0.1, 0.15) is 39.0 Å². The number of hydrogen-bond donors (Lipinski definition) is 2. The Morgan fingerprint density at radius 1 is 1.24 bits per heavy atom. The fraction of sp³-hybridized carbons (Fsp3) is 1.00. The molecule has 0 aromatic carbocycles. The third-order valence-electron chi connectivity index (χ3n) is 4.14. The van der Waals surface area contributed by atoms with Crippen molar-refractivity contribution in [3.05, 3.63) is 0 Å². The van der Waals surface area contributed by atoms with Gasteiger partial charge in [-0.05, 0) is 69.9 Å². The molecular formula is C14H28N2O. The Labute approximate surface area is 105 Å². The second kappa shape index (κ2) is 6.72. The second-order valence-corrected chi connectivity index (χ2v) is 5.64. The molecule has 0 aliphatic heterocycles. The van der Waals surface area contributed by atoms with Crippen molar-refractivity contribution < 1.29 is 4.74 Å². The minimum Gasteiger partial charge on any atom is -0.377 e. The van der Waals surface area contributed by atoms with Gasteiger partial charge in [-0.15, -0.1) is 0 Å². The molecule has 0 amide bonds. The van der Waals surface area contributed by atoms with Crippen molar-refractivity contribution in [2.75, 3.05) is 26.2 Å². The van der Waals surface area contributed by atoms with Crippen molar-refractivity contribution in [1.82, 2.24) is 5.32 Å². The van der Waals surface area contributed by atoms with Gasteiger partial charge in [-0.3, -0.25) is 0 Å². The summed E-state index contributed by atoms with van der Waals surface area (Å²) in [6, 6.07) is 0. The lowest BCUT2D eigenvalue weighted by Gasteiger charge is -2.18. The van der Waals surface area contributed by atoms with Crippen molar-refractivity contribution in [3.8, 4) is 0 Å². The zero-order valence-electron chi connectivity index (χ0n) is 11.2. The molecule has 0 aromatic heterocycles. The van der Waals surface area contributed by atoms with Crippen LogP contribution in [0.2, 0.25) is 0 Å². The first-order chi connectivity index (χ1) is 8.35. The van der Waals surface area contributed by atoms with E-state index in [1.54, 1.807) is 0 Å². The van der Waals surface area contributed by atoms with Crippen molar-refractivity contribution >= 4 is 0 Å². The van der Waals surface area contributed by atoms with Crippen LogP contribution in [-0.4, -0.2) is 32.3 Å². The van der Waals surface area contributed by atoms with E-state index in [0.29, 0.717) is 6.54 Å². The summed E-state index contributed by atoms with van der Waals surface area (Å²) in [6.45, 7) is 5.72. The molecule has 1 unspecified atom stereocenters. The minimum absolute atomic E-state index is 0.243. The van der Waals surface area contributed by atoms with Gasteiger partial charge < -0.3 is 15.8 Å². The van der Waals surface area contributed by atoms with E-state index in [-0.39, 0.29) is 6.10 Å². The van der Waals surface area contributed by atoms with E-state index in [2.05, 4.69) is 5.32 Å². The lowest BCUT2D eigenvalue weighted by molar-refractivity contribution is 0.0629. The topological polar surface area (TPSA) is 47.3 Å². The fourth-order valence-electron chi connectivity index (χ4n) is 2.80. The van der Waals surface area contributed by atoms with E-state index < -0.39 is 0 Å². The molecule has 2 aliphatic carbocycles. The molecule has 0 spiro atoms. The number of nitrogens with two attached hydrogens (primary N) is 1. The van der Waals surface area contributed by atoms with Gasteiger partial charge in [0.25, 0.3) is 0 Å². The maximum atomic E-state index is 5.66. The van der Waals surface area contributed by atoms with Gasteiger partial charge in [-0.1, -0.05) is 0 Å². The van der Waals surface area contributed by atoms with Gasteiger partial charge in [0.1, 0.15) is 0 Å². The Morgan fingerprint density at radius 2 is 1.88 bits per heavy atom. The Morgan fingerprint density at radius 3 is 2.35 bits per heavy atom. The highest BCUT2D eigenvalue weighted by molar-refractivity contribution is 4.92. The molecule has 0 saturated heterocycles. The quantitative estimate of drug-likeness (QED) is 0.572. The molecule has 0 heterocycles. The van der Waals surface area contributed by atoms with Gasteiger partial charge in [0.2, 0.25) is 0 Å². The van der Waals surface area contributed by atoms with E-state index in [1.165, 1.54) is 32.2 Å². The van der Waals surface area contributed by atoms with E-state index in [0.717, 1.165) is 37.3 Å². The zero-order chi connectivity index (χ0) is 12.1.